The Morgan fingerprint density at radius 3 is 2.19 bits per heavy atom. The average molecular weight is 298 g/mol. The van der Waals surface area contributed by atoms with Gasteiger partial charge in [-0.25, -0.2) is 10.8 Å². The van der Waals surface area contributed by atoms with Crippen molar-refractivity contribution in [3.8, 4) is 11.6 Å². The van der Waals surface area contributed by atoms with Gasteiger partial charge in [0.2, 0.25) is 11.7 Å². The lowest BCUT2D eigenvalue weighted by molar-refractivity contribution is -0.145. The summed E-state index contributed by atoms with van der Waals surface area (Å²) in [6.45, 7) is 3.71. The van der Waals surface area contributed by atoms with E-state index in [1.807, 2.05) is 19.9 Å². The highest BCUT2D eigenvalue weighted by Crippen LogP contribution is 2.30. The quantitative estimate of drug-likeness (QED) is 0.672. The molecular weight excluding hydrogens is 285 g/mol. The van der Waals surface area contributed by atoms with Gasteiger partial charge in [-0.1, -0.05) is 6.07 Å². The van der Waals surface area contributed by atoms with Gasteiger partial charge in [0.25, 0.3) is 0 Å². The van der Waals surface area contributed by atoms with Crippen LogP contribution in [-0.2, 0) is 6.18 Å². The Kier molecular flexibility index (Phi) is 3.99. The van der Waals surface area contributed by atoms with Crippen LogP contribution in [0.5, 0.6) is 11.6 Å². The monoisotopic (exact) mass is 298 g/mol. The number of hydrazine groups is 1. The van der Waals surface area contributed by atoms with Crippen molar-refractivity contribution in [3.63, 3.8) is 0 Å². The Hall–Kier alpha value is -2.35. The van der Waals surface area contributed by atoms with E-state index in [0.29, 0.717) is 5.75 Å². The molecule has 5 nitrogen and oxygen atoms in total. The van der Waals surface area contributed by atoms with Crippen LogP contribution in [0.2, 0.25) is 0 Å². The molecule has 0 fully saturated rings. The van der Waals surface area contributed by atoms with Gasteiger partial charge < -0.3 is 10.2 Å². The summed E-state index contributed by atoms with van der Waals surface area (Å²) in [4.78, 5) is 6.60. The molecule has 1 aromatic heterocycles. The van der Waals surface area contributed by atoms with Crippen LogP contribution >= 0.6 is 0 Å². The normalized spacial score (nSPS) is 11.3. The molecule has 21 heavy (non-hydrogen) atoms. The van der Waals surface area contributed by atoms with Gasteiger partial charge in [-0.3, -0.25) is 0 Å². The number of rotatable bonds is 3. The number of benzene rings is 1. The second-order valence-corrected chi connectivity index (χ2v) is 4.48. The molecule has 112 valence electrons. The minimum absolute atomic E-state index is 0.184. The third-order valence-electron chi connectivity index (χ3n) is 2.52. The lowest BCUT2D eigenvalue weighted by atomic mass is 10.1. The molecule has 0 saturated carbocycles. The van der Waals surface area contributed by atoms with Crippen LogP contribution in [0.4, 0.5) is 19.0 Å². The van der Waals surface area contributed by atoms with Crippen molar-refractivity contribution in [3.05, 3.63) is 41.2 Å². The summed E-state index contributed by atoms with van der Waals surface area (Å²) in [6.07, 6.45) is -4.69. The van der Waals surface area contributed by atoms with Gasteiger partial charge in [-0.2, -0.15) is 18.2 Å². The number of ether oxygens (including phenoxy) is 1. The number of hydrogen-bond donors (Lipinski definition) is 2. The number of nitrogen functional groups attached to an aromatic ring is 1. The van der Waals surface area contributed by atoms with Gasteiger partial charge in [-0.05, 0) is 37.1 Å². The molecule has 0 saturated heterocycles. The average Bonchev–Trinajstić information content (AvgIpc) is 2.36. The Balaban J connectivity index is 2.39. The van der Waals surface area contributed by atoms with Gasteiger partial charge in [0.1, 0.15) is 11.6 Å². The number of alkyl halides is 3. The predicted molar refractivity (Wildman–Crippen MR) is 70.8 cm³/mol. The second kappa shape index (κ2) is 5.57. The van der Waals surface area contributed by atoms with Crippen LogP contribution in [0.3, 0.4) is 0 Å². The second-order valence-electron chi connectivity index (χ2n) is 4.48. The molecule has 1 aromatic carbocycles. The van der Waals surface area contributed by atoms with Gasteiger partial charge in [0, 0.05) is 6.07 Å². The molecule has 2 rings (SSSR count). The number of anilines is 1. The zero-order valence-corrected chi connectivity index (χ0v) is 11.3. The highest BCUT2D eigenvalue weighted by molar-refractivity contribution is 5.40. The molecule has 0 amide bonds. The summed E-state index contributed by atoms with van der Waals surface area (Å²) in [6, 6.07) is 6.49. The lowest BCUT2D eigenvalue weighted by Crippen LogP contribution is -2.16. The molecule has 8 heteroatoms. The maximum Gasteiger partial charge on any atom is 0.451 e. The van der Waals surface area contributed by atoms with Crippen LogP contribution in [0, 0.1) is 13.8 Å². The SMILES string of the molecule is Cc1cc(C)cc(Oc2cc(NN)nc(C(F)(F)F)n2)c1. The van der Waals surface area contributed by atoms with Gasteiger partial charge in [0.05, 0.1) is 0 Å². The Labute approximate surface area is 118 Å². The predicted octanol–water partition coefficient (Wildman–Crippen LogP) is 3.19. The number of aryl methyl sites for hydroxylation is 2. The maximum atomic E-state index is 12.7. The number of nitrogens with two attached hydrogens (primary N) is 1. The summed E-state index contributed by atoms with van der Waals surface area (Å²) in [5.41, 5.74) is 3.90. The fourth-order valence-electron chi connectivity index (χ4n) is 1.79. The van der Waals surface area contributed by atoms with Crippen molar-refractivity contribution >= 4 is 5.82 Å². The molecule has 0 aliphatic carbocycles. The number of nitrogens with one attached hydrogen (secondary N) is 1. The Morgan fingerprint density at radius 2 is 1.67 bits per heavy atom. The topological polar surface area (TPSA) is 73.1 Å². The first-order valence-electron chi connectivity index (χ1n) is 5.97. The molecular formula is C13H13F3N4O. The Bertz CT molecular complexity index is 638. The van der Waals surface area contributed by atoms with E-state index in [1.54, 1.807) is 12.1 Å². The summed E-state index contributed by atoms with van der Waals surface area (Å²) >= 11 is 0. The van der Waals surface area contributed by atoms with E-state index < -0.39 is 12.0 Å². The van der Waals surface area contributed by atoms with Crippen molar-refractivity contribution in [2.45, 2.75) is 20.0 Å². The van der Waals surface area contributed by atoms with E-state index in [0.717, 1.165) is 11.1 Å². The molecule has 0 aliphatic rings. The van der Waals surface area contributed by atoms with Crippen LogP contribution in [0.15, 0.2) is 24.3 Å². The van der Waals surface area contributed by atoms with Gasteiger partial charge in [0.15, 0.2) is 0 Å². The van der Waals surface area contributed by atoms with Crippen LogP contribution in [0.25, 0.3) is 0 Å². The van der Waals surface area contributed by atoms with Crippen molar-refractivity contribution in [1.29, 1.82) is 0 Å². The van der Waals surface area contributed by atoms with Crippen molar-refractivity contribution in [1.82, 2.24) is 9.97 Å². The number of halogens is 3. The van der Waals surface area contributed by atoms with Gasteiger partial charge >= 0.3 is 6.18 Å². The molecule has 0 unspecified atom stereocenters. The van der Waals surface area contributed by atoms with E-state index in [9.17, 15) is 13.2 Å². The molecule has 1 heterocycles. The van der Waals surface area contributed by atoms with E-state index >= 15 is 0 Å². The van der Waals surface area contributed by atoms with Crippen LogP contribution in [0.1, 0.15) is 17.0 Å². The molecule has 0 aliphatic heterocycles. The molecule has 0 bridgehead atoms. The van der Waals surface area contributed by atoms with Crippen molar-refractivity contribution in [2.24, 2.45) is 5.84 Å². The number of nitrogens with zero attached hydrogens (tertiary/aromatic N) is 2. The highest BCUT2D eigenvalue weighted by Gasteiger charge is 2.35. The first-order chi connectivity index (χ1) is 9.77. The summed E-state index contributed by atoms with van der Waals surface area (Å²) in [5.74, 6) is 3.75. The standard InChI is InChI=1S/C13H13F3N4O/c1-7-3-8(2)5-9(4-7)21-11-6-10(20-17)18-12(19-11)13(14,15)16/h3-6H,17H2,1-2H3,(H,18,19,20). The first-order valence-corrected chi connectivity index (χ1v) is 5.97. The van der Waals surface area contributed by atoms with Crippen molar-refractivity contribution < 1.29 is 17.9 Å². The molecule has 0 radical (unpaired) electrons. The smallest absolute Gasteiger partial charge is 0.439 e. The van der Waals surface area contributed by atoms with Gasteiger partial charge in [-0.15, -0.1) is 0 Å². The van der Waals surface area contributed by atoms with E-state index in [2.05, 4.69) is 15.4 Å². The zero-order valence-electron chi connectivity index (χ0n) is 11.3. The molecule has 0 spiro atoms. The summed E-state index contributed by atoms with van der Waals surface area (Å²) < 4.78 is 43.5. The third-order valence-corrected chi connectivity index (χ3v) is 2.52. The Morgan fingerprint density at radius 1 is 1.05 bits per heavy atom. The minimum Gasteiger partial charge on any atom is -0.439 e. The fraction of sp³-hybridized carbons (Fsp3) is 0.231. The van der Waals surface area contributed by atoms with Crippen molar-refractivity contribution in [2.75, 3.05) is 5.43 Å². The minimum atomic E-state index is -4.69. The molecule has 0 atom stereocenters. The largest absolute Gasteiger partial charge is 0.451 e. The van der Waals surface area contributed by atoms with E-state index in [-0.39, 0.29) is 11.7 Å². The maximum absolute atomic E-state index is 12.7. The fourth-order valence-corrected chi connectivity index (χ4v) is 1.79. The number of hydrogen-bond acceptors (Lipinski definition) is 5. The number of aromatic nitrogens is 2. The zero-order chi connectivity index (χ0) is 15.6. The van der Waals surface area contributed by atoms with Crippen LogP contribution in [-0.4, -0.2) is 9.97 Å². The van der Waals surface area contributed by atoms with E-state index in [4.69, 9.17) is 10.6 Å². The lowest BCUT2D eigenvalue weighted by Gasteiger charge is -2.11. The summed E-state index contributed by atoms with van der Waals surface area (Å²) in [7, 11) is 0. The third kappa shape index (κ3) is 3.82. The van der Waals surface area contributed by atoms with Crippen LogP contribution < -0.4 is 16.0 Å². The molecule has 2 aromatic rings. The summed E-state index contributed by atoms with van der Waals surface area (Å²) in [5, 5.41) is 0. The van der Waals surface area contributed by atoms with E-state index in [1.165, 1.54) is 6.07 Å². The molecule has 3 N–H and O–H groups in total. The first kappa shape index (κ1) is 15.0. The highest BCUT2D eigenvalue weighted by atomic mass is 19.4.